The highest BCUT2D eigenvalue weighted by Crippen LogP contribution is 2.32. The Morgan fingerprint density at radius 2 is 2.09 bits per heavy atom. The normalized spacial score (nSPS) is 19.6. The third-order valence-corrected chi connectivity index (χ3v) is 4.39. The summed E-state index contributed by atoms with van der Waals surface area (Å²) in [5.41, 5.74) is 0.823. The van der Waals surface area contributed by atoms with Gasteiger partial charge < -0.3 is 9.42 Å². The van der Waals surface area contributed by atoms with E-state index in [9.17, 15) is 4.79 Å². The van der Waals surface area contributed by atoms with Crippen molar-refractivity contribution in [1.29, 1.82) is 0 Å². The van der Waals surface area contributed by atoms with Crippen molar-refractivity contribution in [3.05, 3.63) is 35.2 Å². The van der Waals surface area contributed by atoms with Gasteiger partial charge in [-0.05, 0) is 50.5 Å². The molecule has 0 N–H and O–H groups in total. The van der Waals surface area contributed by atoms with Gasteiger partial charge in [0, 0.05) is 17.1 Å². The fraction of sp³-hybridized carbons (Fsp3) is 0.438. The molecule has 2 aromatic rings. The number of nitrogens with zero attached hydrogens (tertiary/aromatic N) is 3. The van der Waals surface area contributed by atoms with Gasteiger partial charge in [-0.25, -0.2) is 0 Å². The van der Waals surface area contributed by atoms with Crippen LogP contribution in [0.3, 0.4) is 0 Å². The summed E-state index contributed by atoms with van der Waals surface area (Å²) in [6.45, 7) is 2.35. The Kier molecular flexibility index (Phi) is 4.87. The molecular formula is C16H17Cl2N3O2. The molecule has 0 aliphatic carbocycles. The molecule has 2 heterocycles. The van der Waals surface area contributed by atoms with Crippen LogP contribution < -0.4 is 0 Å². The number of carbonyl (C=O) groups excluding carboxylic acids is 1. The van der Waals surface area contributed by atoms with Crippen molar-refractivity contribution >= 4 is 29.1 Å². The lowest BCUT2D eigenvalue weighted by molar-refractivity contribution is -0.135. The monoisotopic (exact) mass is 353 g/mol. The lowest BCUT2D eigenvalue weighted by Crippen LogP contribution is -2.41. The number of hydrogen-bond acceptors (Lipinski definition) is 4. The lowest BCUT2D eigenvalue weighted by Gasteiger charge is -2.34. The summed E-state index contributed by atoms with van der Waals surface area (Å²) in [4.78, 5) is 18.5. The molecule has 1 aromatic heterocycles. The molecule has 122 valence electrons. The van der Waals surface area contributed by atoms with Crippen LogP contribution in [0.15, 0.2) is 28.8 Å². The summed E-state index contributed by atoms with van der Waals surface area (Å²) in [6, 6.07) is 7.02. The van der Waals surface area contributed by atoms with E-state index in [0.29, 0.717) is 23.3 Å². The Morgan fingerprint density at radius 1 is 1.35 bits per heavy atom. The standard InChI is InChI=1S/C16H17Cl2N3O2/c1-10(17)16(22)21-9-3-2-4-13(21)15-19-14(20-23-15)11-5-7-12(18)8-6-11/h5-8,10,13H,2-4,9H2,1H3/t10-,13+/m0/s1. The third-order valence-electron chi connectivity index (χ3n) is 3.96. The van der Waals surface area contributed by atoms with Crippen molar-refractivity contribution < 1.29 is 9.32 Å². The predicted octanol–water partition coefficient (Wildman–Crippen LogP) is 4.07. The molecule has 1 aliphatic rings. The van der Waals surface area contributed by atoms with Gasteiger partial charge >= 0.3 is 0 Å². The van der Waals surface area contributed by atoms with Crippen molar-refractivity contribution in [1.82, 2.24) is 15.0 Å². The van der Waals surface area contributed by atoms with E-state index in [-0.39, 0.29) is 11.9 Å². The van der Waals surface area contributed by atoms with E-state index in [2.05, 4.69) is 10.1 Å². The Labute approximate surface area is 144 Å². The zero-order valence-corrected chi connectivity index (χ0v) is 14.2. The van der Waals surface area contributed by atoms with Gasteiger partial charge in [0.15, 0.2) is 0 Å². The number of piperidine rings is 1. The van der Waals surface area contributed by atoms with E-state index in [1.54, 1.807) is 24.0 Å². The highest BCUT2D eigenvalue weighted by atomic mass is 35.5. The molecule has 3 rings (SSSR count). The molecule has 1 amide bonds. The van der Waals surface area contributed by atoms with Crippen LogP contribution in [0, 0.1) is 0 Å². The Balaban J connectivity index is 1.85. The fourth-order valence-corrected chi connectivity index (χ4v) is 3.02. The number of halogens is 2. The number of aromatic nitrogens is 2. The van der Waals surface area contributed by atoms with Gasteiger partial charge in [-0.15, -0.1) is 11.6 Å². The zero-order chi connectivity index (χ0) is 16.4. The maximum Gasteiger partial charge on any atom is 0.249 e. The molecular weight excluding hydrogens is 337 g/mol. The number of hydrogen-bond donors (Lipinski definition) is 0. The van der Waals surface area contributed by atoms with Crippen molar-refractivity contribution in [3.8, 4) is 11.4 Å². The maximum absolute atomic E-state index is 12.3. The minimum absolute atomic E-state index is 0.0948. The highest BCUT2D eigenvalue weighted by molar-refractivity contribution is 6.30. The molecule has 0 spiro atoms. The molecule has 7 heteroatoms. The molecule has 1 aromatic carbocycles. The molecule has 1 saturated heterocycles. The second-order valence-corrected chi connectivity index (χ2v) is 6.71. The first-order chi connectivity index (χ1) is 11.1. The smallest absolute Gasteiger partial charge is 0.249 e. The van der Waals surface area contributed by atoms with Crippen molar-refractivity contribution in [2.45, 2.75) is 37.6 Å². The zero-order valence-electron chi connectivity index (χ0n) is 12.7. The molecule has 2 atom stereocenters. The van der Waals surface area contributed by atoms with Crippen LogP contribution in [0.25, 0.3) is 11.4 Å². The van der Waals surface area contributed by atoms with Crippen molar-refractivity contribution in [3.63, 3.8) is 0 Å². The van der Waals surface area contributed by atoms with E-state index in [1.807, 2.05) is 12.1 Å². The van der Waals surface area contributed by atoms with Gasteiger partial charge in [0.1, 0.15) is 11.4 Å². The summed E-state index contributed by atoms with van der Waals surface area (Å²) < 4.78 is 5.42. The molecule has 23 heavy (non-hydrogen) atoms. The average Bonchev–Trinajstić information content (AvgIpc) is 3.04. The molecule has 1 fully saturated rings. The molecule has 0 bridgehead atoms. The van der Waals surface area contributed by atoms with E-state index in [4.69, 9.17) is 27.7 Å². The molecule has 5 nitrogen and oxygen atoms in total. The summed E-state index contributed by atoms with van der Waals surface area (Å²) in [6.07, 6.45) is 2.78. The van der Waals surface area contributed by atoms with Crippen LogP contribution >= 0.6 is 23.2 Å². The van der Waals surface area contributed by atoms with Crippen LogP contribution in [0.1, 0.15) is 38.1 Å². The summed E-state index contributed by atoms with van der Waals surface area (Å²) in [5.74, 6) is 0.858. The van der Waals surface area contributed by atoms with E-state index >= 15 is 0 Å². The third kappa shape index (κ3) is 3.51. The first-order valence-corrected chi connectivity index (χ1v) is 8.42. The minimum Gasteiger partial charge on any atom is -0.337 e. The van der Waals surface area contributed by atoms with Crippen LogP contribution in [0.5, 0.6) is 0 Å². The quantitative estimate of drug-likeness (QED) is 0.780. The molecule has 0 radical (unpaired) electrons. The van der Waals surface area contributed by atoms with Crippen LogP contribution in [-0.4, -0.2) is 32.9 Å². The lowest BCUT2D eigenvalue weighted by atomic mass is 10.0. The van der Waals surface area contributed by atoms with Crippen LogP contribution in [0.4, 0.5) is 0 Å². The largest absolute Gasteiger partial charge is 0.337 e. The van der Waals surface area contributed by atoms with Gasteiger partial charge in [0.2, 0.25) is 17.6 Å². The molecule has 1 aliphatic heterocycles. The van der Waals surface area contributed by atoms with E-state index < -0.39 is 5.38 Å². The van der Waals surface area contributed by atoms with Gasteiger partial charge in [-0.2, -0.15) is 4.98 Å². The molecule has 0 unspecified atom stereocenters. The Morgan fingerprint density at radius 3 is 2.78 bits per heavy atom. The summed E-state index contributed by atoms with van der Waals surface area (Å²) in [5, 5.41) is 4.12. The summed E-state index contributed by atoms with van der Waals surface area (Å²) >= 11 is 11.8. The van der Waals surface area contributed by atoms with Gasteiger partial charge in [0.05, 0.1) is 0 Å². The van der Waals surface area contributed by atoms with Crippen LogP contribution in [0.2, 0.25) is 5.02 Å². The second kappa shape index (κ2) is 6.89. The number of carbonyl (C=O) groups is 1. The number of benzene rings is 1. The number of alkyl halides is 1. The van der Waals surface area contributed by atoms with Gasteiger partial charge in [0.25, 0.3) is 0 Å². The second-order valence-electron chi connectivity index (χ2n) is 5.62. The van der Waals surface area contributed by atoms with E-state index in [1.165, 1.54) is 0 Å². The fourth-order valence-electron chi connectivity index (χ4n) is 2.77. The average molecular weight is 354 g/mol. The number of likely N-dealkylation sites (tertiary alicyclic amines) is 1. The maximum atomic E-state index is 12.3. The SMILES string of the molecule is C[C@H](Cl)C(=O)N1CCCC[C@@H]1c1nc(-c2ccc(Cl)cc2)no1. The van der Waals surface area contributed by atoms with Gasteiger partial charge in [-0.3, -0.25) is 4.79 Å². The minimum atomic E-state index is -0.561. The highest BCUT2D eigenvalue weighted by Gasteiger charge is 2.33. The summed E-state index contributed by atoms with van der Waals surface area (Å²) in [7, 11) is 0. The number of amides is 1. The van der Waals surface area contributed by atoms with Gasteiger partial charge in [-0.1, -0.05) is 16.8 Å². The number of rotatable bonds is 3. The predicted molar refractivity (Wildman–Crippen MR) is 88.4 cm³/mol. The topological polar surface area (TPSA) is 59.2 Å². The first-order valence-electron chi connectivity index (χ1n) is 7.60. The van der Waals surface area contributed by atoms with Crippen LogP contribution in [-0.2, 0) is 4.79 Å². The van der Waals surface area contributed by atoms with E-state index in [0.717, 1.165) is 24.8 Å². The Hall–Kier alpha value is -1.59. The first kappa shape index (κ1) is 16.3. The Bertz CT molecular complexity index is 685. The van der Waals surface area contributed by atoms with Crippen molar-refractivity contribution in [2.75, 3.05) is 6.54 Å². The van der Waals surface area contributed by atoms with Crippen molar-refractivity contribution in [2.24, 2.45) is 0 Å². The molecule has 0 saturated carbocycles.